The molecule has 1 unspecified atom stereocenters. The molecule has 1 heterocycles. The van der Waals surface area contributed by atoms with Gasteiger partial charge in [-0.3, -0.25) is 0 Å². The molecule has 0 aromatic heterocycles. The molecule has 2 rings (SSSR count). The Balaban J connectivity index is 2.70. The van der Waals surface area contributed by atoms with Crippen LogP contribution in [0.2, 0.25) is 39.3 Å². The summed E-state index contributed by atoms with van der Waals surface area (Å²) in [6, 6.07) is 4.68. The summed E-state index contributed by atoms with van der Waals surface area (Å²) in [5.74, 6) is 0. The summed E-state index contributed by atoms with van der Waals surface area (Å²) in [5, 5.41) is 0.0937. The molecule has 1 saturated heterocycles. The first-order valence-corrected chi connectivity index (χ1v) is 18.9. The van der Waals surface area contributed by atoms with E-state index in [4.69, 9.17) is 11.8 Å². The molecule has 1 aromatic rings. The van der Waals surface area contributed by atoms with Crippen molar-refractivity contribution >= 4 is 49.9 Å². The van der Waals surface area contributed by atoms with Crippen molar-refractivity contribution in [2.75, 3.05) is 0 Å². The van der Waals surface area contributed by atoms with E-state index in [1.165, 1.54) is 16.7 Å². The second-order valence-electron chi connectivity index (χ2n) is 8.53. The predicted octanol–water partition coefficient (Wildman–Crippen LogP) is 5.83. The molecule has 0 nitrogen and oxygen atoms in total. The Morgan fingerprint density at radius 3 is 1.57 bits per heavy atom. The minimum atomic E-state index is -1.47. The smallest absolute Gasteiger partial charge is 0.0673 e. The largest absolute Gasteiger partial charge is 0.112 e. The van der Waals surface area contributed by atoms with Crippen molar-refractivity contribution in [1.29, 1.82) is 0 Å². The molecular formula is C16H29PS2Si2. The standard InChI is InChI=1S/C16H29PS2Si2/c1-12-10-13(2)15(14(3)11-12)17(18)16(19-17,20(4,5)6)21(7,8)9/h10-11H,1-9H3. The Kier molecular flexibility index (Phi) is 4.35. The van der Waals surface area contributed by atoms with Crippen LogP contribution in [0, 0.1) is 20.8 Å². The molecule has 0 amide bonds. The Labute approximate surface area is 142 Å². The number of hydrogen-bond acceptors (Lipinski definition) is 2. The third-order valence-corrected chi connectivity index (χ3v) is 34.7. The van der Waals surface area contributed by atoms with E-state index in [0.29, 0.717) is 3.73 Å². The molecule has 0 saturated carbocycles. The van der Waals surface area contributed by atoms with Gasteiger partial charge in [0.2, 0.25) is 0 Å². The van der Waals surface area contributed by atoms with Gasteiger partial charge in [0.1, 0.15) is 0 Å². The Bertz CT molecular complexity index is 602. The first kappa shape index (κ1) is 18.0. The van der Waals surface area contributed by atoms with Crippen LogP contribution in [0.15, 0.2) is 12.1 Å². The minimum absolute atomic E-state index is 0.479. The third-order valence-electron chi connectivity index (χ3n) is 4.61. The summed E-state index contributed by atoms with van der Waals surface area (Å²) in [7, 11) is -2.63. The molecule has 0 spiro atoms. The summed E-state index contributed by atoms with van der Waals surface area (Å²) in [6.07, 6.45) is 0. The average molecular weight is 373 g/mol. The molecule has 1 aromatic carbocycles. The summed E-state index contributed by atoms with van der Waals surface area (Å²) in [5.41, 5.74) is 4.26. The van der Waals surface area contributed by atoms with Gasteiger partial charge in [0.05, 0.1) is 16.1 Å². The van der Waals surface area contributed by atoms with Crippen molar-refractivity contribution in [3.8, 4) is 0 Å². The van der Waals surface area contributed by atoms with Crippen molar-refractivity contribution in [2.45, 2.75) is 63.8 Å². The Hall–Kier alpha value is 0.654. The molecule has 0 N–H and O–H groups in total. The molecule has 0 bridgehead atoms. The first-order chi connectivity index (χ1) is 9.28. The lowest BCUT2D eigenvalue weighted by molar-refractivity contribution is 1.35. The molecule has 1 aliphatic heterocycles. The zero-order chi connectivity index (χ0) is 16.4. The van der Waals surface area contributed by atoms with Crippen molar-refractivity contribution in [2.24, 2.45) is 0 Å². The van der Waals surface area contributed by atoms with Crippen LogP contribution >= 0.6 is 16.6 Å². The van der Waals surface area contributed by atoms with Gasteiger partial charge in [0.25, 0.3) is 0 Å². The van der Waals surface area contributed by atoms with Crippen LogP contribution in [0.25, 0.3) is 0 Å². The highest BCUT2D eigenvalue weighted by molar-refractivity contribution is 8.90. The van der Waals surface area contributed by atoms with E-state index in [1.807, 2.05) is 0 Å². The van der Waals surface area contributed by atoms with Gasteiger partial charge in [-0.15, -0.1) is 11.4 Å². The van der Waals surface area contributed by atoms with Crippen LogP contribution in [-0.2, 0) is 11.8 Å². The van der Waals surface area contributed by atoms with Crippen LogP contribution in [0.4, 0.5) is 0 Å². The van der Waals surface area contributed by atoms with E-state index >= 15 is 0 Å². The fourth-order valence-corrected chi connectivity index (χ4v) is 49.0. The molecule has 118 valence electrons. The van der Waals surface area contributed by atoms with Gasteiger partial charge in [0, 0.05) is 14.3 Å². The second kappa shape index (κ2) is 5.07. The van der Waals surface area contributed by atoms with Crippen LogP contribution in [0.1, 0.15) is 16.7 Å². The molecule has 1 atom stereocenters. The van der Waals surface area contributed by atoms with E-state index in [1.54, 1.807) is 5.30 Å². The maximum atomic E-state index is 6.45. The lowest BCUT2D eigenvalue weighted by atomic mass is 10.1. The topological polar surface area (TPSA) is 0 Å². The lowest BCUT2D eigenvalue weighted by Crippen LogP contribution is -2.56. The minimum Gasteiger partial charge on any atom is -0.112 e. The molecule has 1 aliphatic rings. The van der Waals surface area contributed by atoms with Gasteiger partial charge in [-0.25, -0.2) is 0 Å². The van der Waals surface area contributed by atoms with Crippen LogP contribution in [0.5, 0.6) is 0 Å². The predicted molar refractivity (Wildman–Crippen MR) is 112 cm³/mol. The van der Waals surface area contributed by atoms with Crippen LogP contribution in [0.3, 0.4) is 0 Å². The number of rotatable bonds is 3. The Morgan fingerprint density at radius 2 is 1.29 bits per heavy atom. The molecule has 1 fully saturated rings. The van der Waals surface area contributed by atoms with Gasteiger partial charge in [-0.1, -0.05) is 68.8 Å². The summed E-state index contributed by atoms with van der Waals surface area (Å²) in [4.78, 5) is 0. The van der Waals surface area contributed by atoms with E-state index in [9.17, 15) is 0 Å². The van der Waals surface area contributed by atoms with E-state index in [0.717, 1.165) is 0 Å². The highest BCUT2D eigenvalue weighted by Crippen LogP contribution is 2.95. The van der Waals surface area contributed by atoms with Crippen molar-refractivity contribution in [3.63, 3.8) is 0 Å². The average Bonchev–Trinajstić information content (AvgIpc) is 2.83. The van der Waals surface area contributed by atoms with Gasteiger partial charge in [-0.05, 0) is 31.9 Å². The SMILES string of the molecule is Cc1cc(C)c(P2(=S)SC2([Si](C)(C)C)[Si](C)(C)C)c(C)c1. The van der Waals surface area contributed by atoms with Crippen LogP contribution < -0.4 is 5.30 Å². The van der Waals surface area contributed by atoms with Crippen molar-refractivity contribution in [3.05, 3.63) is 28.8 Å². The van der Waals surface area contributed by atoms with Crippen molar-refractivity contribution in [1.82, 2.24) is 0 Å². The molecular weight excluding hydrogens is 343 g/mol. The van der Waals surface area contributed by atoms with Gasteiger partial charge in [0.15, 0.2) is 0 Å². The fourth-order valence-electron chi connectivity index (χ4n) is 4.29. The van der Waals surface area contributed by atoms with Gasteiger partial charge >= 0.3 is 0 Å². The molecule has 0 radical (unpaired) electrons. The van der Waals surface area contributed by atoms with Gasteiger partial charge in [-0.2, -0.15) is 0 Å². The number of aryl methyl sites for hydroxylation is 3. The fraction of sp³-hybridized carbons (Fsp3) is 0.625. The number of benzene rings is 1. The highest BCUT2D eigenvalue weighted by atomic mass is 33.0. The highest BCUT2D eigenvalue weighted by Gasteiger charge is 2.74. The van der Waals surface area contributed by atoms with Gasteiger partial charge < -0.3 is 0 Å². The number of hydrogen-bond donors (Lipinski definition) is 0. The zero-order valence-electron chi connectivity index (χ0n) is 14.9. The normalized spacial score (nSPS) is 25.0. The zero-order valence-corrected chi connectivity index (χ0v) is 19.4. The monoisotopic (exact) mass is 372 g/mol. The van der Waals surface area contributed by atoms with E-state index < -0.39 is 21.4 Å². The van der Waals surface area contributed by atoms with Crippen molar-refractivity contribution < 1.29 is 0 Å². The summed E-state index contributed by atoms with van der Waals surface area (Å²) in [6.45, 7) is 22.0. The maximum absolute atomic E-state index is 6.45. The summed E-state index contributed by atoms with van der Waals surface area (Å²) >= 11 is 8.69. The maximum Gasteiger partial charge on any atom is 0.0673 e. The third kappa shape index (κ3) is 2.50. The molecule has 21 heavy (non-hydrogen) atoms. The lowest BCUT2D eigenvalue weighted by Gasteiger charge is -2.39. The Morgan fingerprint density at radius 1 is 0.905 bits per heavy atom. The first-order valence-electron chi connectivity index (χ1n) is 7.67. The second-order valence-corrected chi connectivity index (χ2v) is 28.9. The molecule has 5 heteroatoms. The molecule has 0 aliphatic carbocycles. The summed E-state index contributed by atoms with van der Waals surface area (Å²) < 4.78 is 0.479. The quantitative estimate of drug-likeness (QED) is 0.372. The van der Waals surface area contributed by atoms with E-state index in [2.05, 4.69) is 83.6 Å². The van der Waals surface area contributed by atoms with Crippen LogP contribution in [-0.4, -0.2) is 19.9 Å². The van der Waals surface area contributed by atoms with E-state index in [-0.39, 0.29) is 0 Å².